The molecule has 8 nitrogen and oxygen atoms in total. The molecule has 34 heavy (non-hydrogen) atoms. The zero-order chi connectivity index (χ0) is 25.3. The molecule has 1 atom stereocenters. The first-order valence-corrected chi connectivity index (χ1v) is 12.9. The first kappa shape index (κ1) is 27.6. The number of halogens is 1. The van der Waals surface area contributed by atoms with Crippen molar-refractivity contribution in [2.75, 3.05) is 31.5 Å². The van der Waals surface area contributed by atoms with Crippen molar-refractivity contribution in [3.8, 4) is 0 Å². The van der Waals surface area contributed by atoms with Crippen LogP contribution in [0.15, 0.2) is 54.6 Å². The van der Waals surface area contributed by atoms with Gasteiger partial charge in [0.25, 0.3) is 0 Å². The number of benzene rings is 2. The summed E-state index contributed by atoms with van der Waals surface area (Å²) in [5, 5.41) is 3.41. The summed E-state index contributed by atoms with van der Waals surface area (Å²) in [6.07, 6.45) is 1.75. The van der Waals surface area contributed by atoms with Crippen LogP contribution in [-0.2, 0) is 26.3 Å². The molecule has 0 aliphatic heterocycles. The quantitative estimate of drug-likeness (QED) is 0.445. The van der Waals surface area contributed by atoms with E-state index in [4.69, 9.17) is 11.6 Å². The lowest BCUT2D eigenvalue weighted by Gasteiger charge is -2.32. The van der Waals surface area contributed by atoms with E-state index in [0.717, 1.165) is 27.0 Å². The highest BCUT2D eigenvalue weighted by molar-refractivity contribution is 7.90. The Morgan fingerprint density at radius 1 is 1.03 bits per heavy atom. The summed E-state index contributed by atoms with van der Waals surface area (Å²) in [6, 6.07) is 14.6. The molecule has 1 unspecified atom stereocenters. The number of unbranched alkanes of at least 4 members (excludes halogenated alkanes) is 1. The van der Waals surface area contributed by atoms with Gasteiger partial charge in [-0.05, 0) is 43.2 Å². The number of para-hydroxylation sites is 1. The molecule has 0 aromatic heterocycles. The Balaban J connectivity index is 2.37. The molecule has 0 saturated heterocycles. The zero-order valence-corrected chi connectivity index (χ0v) is 21.6. The second kappa shape index (κ2) is 12.7. The molecule has 0 saturated carbocycles. The van der Waals surface area contributed by atoms with Gasteiger partial charge >= 0.3 is 10.2 Å². The predicted molar refractivity (Wildman–Crippen MR) is 136 cm³/mol. The minimum absolute atomic E-state index is 0.128. The van der Waals surface area contributed by atoms with Crippen LogP contribution in [0, 0.1) is 0 Å². The van der Waals surface area contributed by atoms with Crippen LogP contribution in [0.2, 0.25) is 5.02 Å². The van der Waals surface area contributed by atoms with Gasteiger partial charge < -0.3 is 10.2 Å². The highest BCUT2D eigenvalue weighted by atomic mass is 35.5. The average molecular weight is 509 g/mol. The Hall–Kier alpha value is -2.62. The first-order valence-electron chi connectivity index (χ1n) is 11.1. The Kier molecular flexibility index (Phi) is 10.3. The third-order valence-electron chi connectivity index (χ3n) is 5.33. The lowest BCUT2D eigenvalue weighted by molar-refractivity contribution is -0.139. The van der Waals surface area contributed by atoms with Crippen molar-refractivity contribution in [2.24, 2.45) is 0 Å². The van der Waals surface area contributed by atoms with Gasteiger partial charge in [0.05, 0.1) is 5.69 Å². The Morgan fingerprint density at radius 3 is 2.21 bits per heavy atom. The largest absolute Gasteiger partial charge is 0.354 e. The van der Waals surface area contributed by atoms with E-state index < -0.39 is 28.7 Å². The van der Waals surface area contributed by atoms with Crippen LogP contribution in [0.5, 0.6) is 0 Å². The fourth-order valence-corrected chi connectivity index (χ4v) is 4.40. The maximum absolute atomic E-state index is 13.5. The number of hydrogen-bond acceptors (Lipinski definition) is 4. The summed E-state index contributed by atoms with van der Waals surface area (Å²) in [5.41, 5.74) is 1.13. The van der Waals surface area contributed by atoms with E-state index in [0.29, 0.717) is 17.3 Å². The van der Waals surface area contributed by atoms with E-state index in [-0.39, 0.29) is 12.5 Å². The van der Waals surface area contributed by atoms with Gasteiger partial charge in [0.15, 0.2) is 0 Å². The summed E-state index contributed by atoms with van der Waals surface area (Å²) in [7, 11) is -1.15. The molecular weight excluding hydrogens is 476 g/mol. The van der Waals surface area contributed by atoms with Crippen LogP contribution >= 0.6 is 11.6 Å². The lowest BCUT2D eigenvalue weighted by Crippen LogP contribution is -2.52. The Labute approximate surface area is 207 Å². The number of rotatable bonds is 12. The number of carbonyl (C=O) groups excluding carboxylic acids is 2. The van der Waals surface area contributed by atoms with Crippen LogP contribution in [-0.4, -0.2) is 62.7 Å². The summed E-state index contributed by atoms with van der Waals surface area (Å²) in [4.78, 5) is 27.7. The van der Waals surface area contributed by atoms with Crippen LogP contribution in [0.3, 0.4) is 0 Å². The molecule has 10 heteroatoms. The van der Waals surface area contributed by atoms with Crippen molar-refractivity contribution >= 4 is 39.3 Å². The Morgan fingerprint density at radius 2 is 1.65 bits per heavy atom. The van der Waals surface area contributed by atoms with E-state index in [1.54, 1.807) is 61.5 Å². The smallest absolute Gasteiger partial charge is 0.304 e. The molecule has 0 bridgehead atoms. The van der Waals surface area contributed by atoms with Crippen molar-refractivity contribution in [1.29, 1.82) is 0 Å². The molecule has 186 valence electrons. The zero-order valence-electron chi connectivity index (χ0n) is 20.1. The first-order chi connectivity index (χ1) is 16.1. The summed E-state index contributed by atoms with van der Waals surface area (Å²) >= 11 is 5.99. The highest BCUT2D eigenvalue weighted by Gasteiger charge is 2.32. The number of nitrogens with one attached hydrogen (secondary N) is 1. The number of anilines is 1. The number of hydrogen-bond donors (Lipinski definition) is 1. The topological polar surface area (TPSA) is 90.0 Å². The van der Waals surface area contributed by atoms with Gasteiger partial charge in [-0.1, -0.05) is 55.3 Å². The molecule has 1 N–H and O–H groups in total. The van der Waals surface area contributed by atoms with Gasteiger partial charge in [0.2, 0.25) is 11.8 Å². The van der Waals surface area contributed by atoms with Gasteiger partial charge in [-0.15, -0.1) is 0 Å². The summed E-state index contributed by atoms with van der Waals surface area (Å²) in [6.45, 7) is 3.85. The van der Waals surface area contributed by atoms with E-state index in [1.165, 1.54) is 19.0 Å². The maximum Gasteiger partial charge on any atom is 0.304 e. The van der Waals surface area contributed by atoms with Crippen molar-refractivity contribution in [3.63, 3.8) is 0 Å². The van der Waals surface area contributed by atoms with Crippen molar-refractivity contribution in [1.82, 2.24) is 14.5 Å². The molecule has 2 amide bonds. The maximum atomic E-state index is 13.5. The van der Waals surface area contributed by atoms with Gasteiger partial charge in [-0.3, -0.25) is 9.59 Å². The number of amides is 2. The van der Waals surface area contributed by atoms with Gasteiger partial charge in [-0.25, -0.2) is 4.31 Å². The van der Waals surface area contributed by atoms with E-state index in [2.05, 4.69) is 5.32 Å². The molecule has 0 spiro atoms. The molecule has 2 aromatic rings. The fourth-order valence-electron chi connectivity index (χ4n) is 3.22. The second-order valence-electron chi connectivity index (χ2n) is 8.10. The van der Waals surface area contributed by atoms with Crippen LogP contribution in [0.1, 0.15) is 32.3 Å². The van der Waals surface area contributed by atoms with E-state index >= 15 is 0 Å². The lowest BCUT2D eigenvalue weighted by atomic mass is 10.1. The highest BCUT2D eigenvalue weighted by Crippen LogP contribution is 2.20. The third kappa shape index (κ3) is 7.44. The molecule has 2 rings (SSSR count). The SMILES string of the molecule is CCCCNC(=O)C(C)N(Cc1ccc(Cl)cc1)C(=O)CN(c1ccccc1)S(=O)(=O)N(C)C. The molecule has 0 fully saturated rings. The number of carbonyl (C=O) groups is 2. The molecule has 0 radical (unpaired) electrons. The molecule has 2 aromatic carbocycles. The molecule has 0 aliphatic rings. The number of nitrogens with zero attached hydrogens (tertiary/aromatic N) is 3. The van der Waals surface area contributed by atoms with Crippen molar-refractivity contribution < 1.29 is 18.0 Å². The summed E-state index contributed by atoms with van der Waals surface area (Å²) < 4.78 is 28.2. The van der Waals surface area contributed by atoms with Crippen molar-refractivity contribution in [3.05, 3.63) is 65.2 Å². The molecule has 0 heterocycles. The molecular formula is C24H33ClN4O4S. The van der Waals surface area contributed by atoms with Crippen LogP contribution in [0.25, 0.3) is 0 Å². The van der Waals surface area contributed by atoms with Crippen molar-refractivity contribution in [2.45, 2.75) is 39.3 Å². The predicted octanol–water partition coefficient (Wildman–Crippen LogP) is 3.29. The fraction of sp³-hybridized carbons (Fsp3) is 0.417. The van der Waals surface area contributed by atoms with E-state index in [9.17, 15) is 18.0 Å². The monoisotopic (exact) mass is 508 g/mol. The van der Waals surface area contributed by atoms with Gasteiger partial charge in [-0.2, -0.15) is 12.7 Å². The van der Waals surface area contributed by atoms with Crippen LogP contribution in [0.4, 0.5) is 5.69 Å². The minimum Gasteiger partial charge on any atom is -0.354 e. The van der Waals surface area contributed by atoms with Gasteiger partial charge in [0.1, 0.15) is 12.6 Å². The second-order valence-corrected chi connectivity index (χ2v) is 10.6. The van der Waals surface area contributed by atoms with E-state index in [1.807, 2.05) is 6.92 Å². The van der Waals surface area contributed by atoms with Gasteiger partial charge in [0, 0.05) is 32.2 Å². The standard InChI is InChI=1S/C24H33ClN4O4S/c1-5-6-16-26-24(31)19(2)28(17-20-12-14-21(25)15-13-20)23(30)18-29(34(32,33)27(3)4)22-10-8-7-9-11-22/h7-15,19H,5-6,16-18H2,1-4H3,(H,26,31). The van der Waals surface area contributed by atoms with Crippen LogP contribution < -0.4 is 9.62 Å². The third-order valence-corrected chi connectivity index (χ3v) is 7.40. The minimum atomic E-state index is -3.96. The summed E-state index contributed by atoms with van der Waals surface area (Å²) in [5.74, 6) is -0.792. The molecule has 0 aliphatic carbocycles. The Bertz CT molecular complexity index is 1050. The average Bonchev–Trinajstić information content (AvgIpc) is 2.82. The normalized spacial score (nSPS) is 12.3.